The number of likely N-dealkylation sites (N-methyl/N-ethyl adjacent to an activating group) is 1. The minimum absolute atomic E-state index is 0.0135. The van der Waals surface area contributed by atoms with E-state index < -0.39 is 0 Å². The fourth-order valence-corrected chi connectivity index (χ4v) is 2.07. The van der Waals surface area contributed by atoms with Crippen molar-refractivity contribution in [2.45, 2.75) is 27.7 Å². The second-order valence-electron chi connectivity index (χ2n) is 6.36. The van der Waals surface area contributed by atoms with Gasteiger partial charge < -0.3 is 11.1 Å². The van der Waals surface area contributed by atoms with Gasteiger partial charge in [0.2, 0.25) is 5.91 Å². The van der Waals surface area contributed by atoms with Crippen LogP contribution in [0.4, 0.5) is 11.4 Å². The molecule has 0 fully saturated rings. The molecule has 106 valence electrons. The van der Waals surface area contributed by atoms with E-state index in [0.29, 0.717) is 12.2 Å². The van der Waals surface area contributed by atoms with Crippen molar-refractivity contribution in [3.63, 3.8) is 0 Å². The molecule has 0 aliphatic heterocycles. The van der Waals surface area contributed by atoms with E-state index in [1.807, 2.05) is 31.0 Å². The Labute approximate surface area is 116 Å². The van der Waals surface area contributed by atoms with Crippen LogP contribution in [-0.4, -0.2) is 30.9 Å². The average Bonchev–Trinajstić information content (AvgIpc) is 2.20. The van der Waals surface area contributed by atoms with E-state index in [1.54, 1.807) is 6.07 Å². The van der Waals surface area contributed by atoms with Gasteiger partial charge in [0, 0.05) is 17.9 Å². The van der Waals surface area contributed by atoms with Crippen molar-refractivity contribution < 1.29 is 4.79 Å². The number of carbonyl (C=O) groups is 1. The van der Waals surface area contributed by atoms with Crippen LogP contribution < -0.4 is 11.1 Å². The zero-order valence-corrected chi connectivity index (χ0v) is 12.6. The highest BCUT2D eigenvalue weighted by Gasteiger charge is 2.16. The third kappa shape index (κ3) is 5.75. The second kappa shape index (κ2) is 6.06. The number of nitrogens with zero attached hydrogens (tertiary/aromatic N) is 1. The molecule has 0 radical (unpaired) electrons. The largest absolute Gasteiger partial charge is 0.399 e. The quantitative estimate of drug-likeness (QED) is 0.821. The number of rotatable bonds is 4. The lowest BCUT2D eigenvalue weighted by atomic mass is 9.96. The summed E-state index contributed by atoms with van der Waals surface area (Å²) in [6, 6.07) is 5.53. The molecular formula is C15H25N3O. The number of nitrogens with one attached hydrogen (secondary N) is 1. The highest BCUT2D eigenvalue weighted by molar-refractivity contribution is 5.93. The molecule has 0 atom stereocenters. The van der Waals surface area contributed by atoms with Crippen LogP contribution in [0.5, 0.6) is 0 Å². The molecule has 0 saturated carbocycles. The molecule has 4 nitrogen and oxygen atoms in total. The number of amides is 1. The van der Waals surface area contributed by atoms with Crippen LogP contribution in [0.2, 0.25) is 0 Å². The molecule has 0 bridgehead atoms. The predicted octanol–water partition coefficient (Wildman–Crippen LogP) is 2.49. The van der Waals surface area contributed by atoms with E-state index in [4.69, 9.17) is 5.73 Å². The van der Waals surface area contributed by atoms with E-state index in [-0.39, 0.29) is 11.3 Å². The summed E-state index contributed by atoms with van der Waals surface area (Å²) in [5.74, 6) is -0.0135. The van der Waals surface area contributed by atoms with Crippen LogP contribution in [0.3, 0.4) is 0 Å². The summed E-state index contributed by atoms with van der Waals surface area (Å²) < 4.78 is 0. The van der Waals surface area contributed by atoms with Crippen LogP contribution in [0.15, 0.2) is 18.2 Å². The fourth-order valence-electron chi connectivity index (χ4n) is 2.07. The van der Waals surface area contributed by atoms with Gasteiger partial charge in [-0.15, -0.1) is 0 Å². The number of benzene rings is 1. The third-order valence-electron chi connectivity index (χ3n) is 2.69. The number of nitrogen functional groups attached to an aromatic ring is 1. The molecule has 1 amide bonds. The summed E-state index contributed by atoms with van der Waals surface area (Å²) in [4.78, 5) is 14.0. The van der Waals surface area contributed by atoms with Gasteiger partial charge in [0.1, 0.15) is 0 Å². The van der Waals surface area contributed by atoms with Gasteiger partial charge in [-0.25, -0.2) is 0 Å². The van der Waals surface area contributed by atoms with Crippen molar-refractivity contribution in [1.82, 2.24) is 4.90 Å². The summed E-state index contributed by atoms with van der Waals surface area (Å²) in [5, 5.41) is 2.91. The Bertz CT molecular complexity index is 449. The van der Waals surface area contributed by atoms with E-state index in [0.717, 1.165) is 17.8 Å². The summed E-state index contributed by atoms with van der Waals surface area (Å²) in [6.45, 7) is 9.67. The Morgan fingerprint density at radius 1 is 1.37 bits per heavy atom. The average molecular weight is 263 g/mol. The van der Waals surface area contributed by atoms with Gasteiger partial charge in [-0.3, -0.25) is 9.69 Å². The predicted molar refractivity (Wildman–Crippen MR) is 81.2 cm³/mol. The van der Waals surface area contributed by atoms with E-state index in [9.17, 15) is 4.79 Å². The molecular weight excluding hydrogens is 238 g/mol. The van der Waals surface area contributed by atoms with Gasteiger partial charge in [-0.05, 0) is 37.1 Å². The summed E-state index contributed by atoms with van der Waals surface area (Å²) in [6.07, 6.45) is 0. The lowest BCUT2D eigenvalue weighted by Crippen LogP contribution is -2.35. The van der Waals surface area contributed by atoms with E-state index in [1.165, 1.54) is 0 Å². The Balaban J connectivity index is 2.58. The van der Waals surface area contributed by atoms with Crippen LogP contribution >= 0.6 is 0 Å². The first-order chi connectivity index (χ1) is 8.67. The monoisotopic (exact) mass is 263 g/mol. The van der Waals surface area contributed by atoms with Crippen molar-refractivity contribution in [3.8, 4) is 0 Å². The van der Waals surface area contributed by atoms with Crippen LogP contribution in [0.1, 0.15) is 26.3 Å². The molecule has 19 heavy (non-hydrogen) atoms. The zero-order chi connectivity index (χ0) is 14.6. The Morgan fingerprint density at radius 2 is 2.00 bits per heavy atom. The molecule has 1 aromatic carbocycles. The number of hydrogen-bond donors (Lipinski definition) is 2. The van der Waals surface area contributed by atoms with Crippen molar-refractivity contribution >= 4 is 17.3 Å². The molecule has 0 aromatic heterocycles. The van der Waals surface area contributed by atoms with Gasteiger partial charge >= 0.3 is 0 Å². The van der Waals surface area contributed by atoms with Crippen LogP contribution in [0, 0.1) is 12.3 Å². The maximum Gasteiger partial charge on any atom is 0.238 e. The van der Waals surface area contributed by atoms with Gasteiger partial charge in [0.05, 0.1) is 6.54 Å². The molecule has 0 unspecified atom stereocenters. The summed E-state index contributed by atoms with van der Waals surface area (Å²) in [7, 11) is 1.96. The third-order valence-corrected chi connectivity index (χ3v) is 2.69. The Morgan fingerprint density at radius 3 is 2.58 bits per heavy atom. The van der Waals surface area contributed by atoms with Gasteiger partial charge in [0.25, 0.3) is 0 Å². The Kier molecular flexibility index (Phi) is 4.95. The first-order valence-electron chi connectivity index (χ1n) is 6.52. The topological polar surface area (TPSA) is 58.4 Å². The minimum Gasteiger partial charge on any atom is -0.399 e. The maximum atomic E-state index is 12.0. The number of nitrogens with two attached hydrogens (primary N) is 1. The molecule has 1 aromatic rings. The van der Waals surface area contributed by atoms with Crippen molar-refractivity contribution in [2.24, 2.45) is 5.41 Å². The highest BCUT2D eigenvalue weighted by atomic mass is 16.2. The standard InChI is InChI=1S/C15H25N3O/c1-11-6-7-12(16)8-13(11)17-14(19)9-18(5)10-15(2,3)4/h6-8H,9-10,16H2,1-5H3,(H,17,19). The maximum absolute atomic E-state index is 12.0. The molecule has 0 aliphatic carbocycles. The molecule has 4 heteroatoms. The molecule has 0 heterocycles. The Hall–Kier alpha value is -1.55. The lowest BCUT2D eigenvalue weighted by molar-refractivity contribution is -0.117. The smallest absolute Gasteiger partial charge is 0.238 e. The first-order valence-corrected chi connectivity index (χ1v) is 6.52. The molecule has 3 N–H and O–H groups in total. The lowest BCUT2D eigenvalue weighted by Gasteiger charge is -2.26. The highest BCUT2D eigenvalue weighted by Crippen LogP contribution is 2.18. The molecule has 0 spiro atoms. The number of hydrogen-bond acceptors (Lipinski definition) is 3. The van der Waals surface area contributed by atoms with Gasteiger partial charge in [-0.1, -0.05) is 26.8 Å². The second-order valence-corrected chi connectivity index (χ2v) is 6.36. The minimum atomic E-state index is -0.0135. The zero-order valence-electron chi connectivity index (χ0n) is 12.6. The van der Waals surface area contributed by atoms with E-state index in [2.05, 4.69) is 26.1 Å². The number of carbonyl (C=O) groups excluding carboxylic acids is 1. The normalized spacial score (nSPS) is 11.7. The molecule has 0 aliphatic rings. The van der Waals surface area contributed by atoms with Crippen molar-refractivity contribution in [2.75, 3.05) is 31.2 Å². The molecule has 1 rings (SSSR count). The van der Waals surface area contributed by atoms with E-state index >= 15 is 0 Å². The number of anilines is 2. The van der Waals surface area contributed by atoms with Crippen molar-refractivity contribution in [1.29, 1.82) is 0 Å². The van der Waals surface area contributed by atoms with Crippen LogP contribution in [-0.2, 0) is 4.79 Å². The molecule has 0 saturated heterocycles. The number of aryl methyl sites for hydroxylation is 1. The SMILES string of the molecule is Cc1ccc(N)cc1NC(=O)CN(C)CC(C)(C)C. The van der Waals surface area contributed by atoms with Gasteiger partial charge in [0.15, 0.2) is 0 Å². The van der Waals surface area contributed by atoms with Crippen LogP contribution in [0.25, 0.3) is 0 Å². The van der Waals surface area contributed by atoms with Crippen molar-refractivity contribution in [3.05, 3.63) is 23.8 Å². The summed E-state index contributed by atoms with van der Waals surface area (Å²) in [5.41, 5.74) is 8.37. The fraction of sp³-hybridized carbons (Fsp3) is 0.533. The van der Waals surface area contributed by atoms with Gasteiger partial charge in [-0.2, -0.15) is 0 Å². The first kappa shape index (κ1) is 15.5. The summed E-state index contributed by atoms with van der Waals surface area (Å²) >= 11 is 0.